The van der Waals surface area contributed by atoms with E-state index in [0.717, 1.165) is 12.1 Å². The molecule has 1 aliphatic rings. The van der Waals surface area contributed by atoms with E-state index in [0.29, 0.717) is 43.1 Å². The summed E-state index contributed by atoms with van der Waals surface area (Å²) in [4.78, 5) is 13.7. The van der Waals surface area contributed by atoms with Crippen molar-refractivity contribution in [3.63, 3.8) is 0 Å². The Kier molecular flexibility index (Phi) is 5.17. The number of nitrogens with one attached hydrogen (secondary N) is 1. The zero-order valence-corrected chi connectivity index (χ0v) is 17.4. The zero-order valence-electron chi connectivity index (χ0n) is 15.9. The number of hydrogen-bond donors (Lipinski definition) is 1. The Hall–Kier alpha value is -2.33. The van der Waals surface area contributed by atoms with E-state index >= 15 is 0 Å². The van der Waals surface area contributed by atoms with Crippen molar-refractivity contribution in [2.45, 2.75) is 24.3 Å². The van der Waals surface area contributed by atoms with E-state index in [2.05, 4.69) is 15.0 Å². The van der Waals surface area contributed by atoms with Gasteiger partial charge in [0.1, 0.15) is 27.0 Å². The Morgan fingerprint density at radius 1 is 1.23 bits per heavy atom. The van der Waals surface area contributed by atoms with E-state index < -0.39 is 21.6 Å². The molecule has 30 heavy (non-hydrogen) atoms. The number of aromatic amines is 1. The van der Waals surface area contributed by atoms with Gasteiger partial charge in [-0.05, 0) is 37.1 Å². The van der Waals surface area contributed by atoms with E-state index in [1.165, 1.54) is 6.26 Å². The van der Waals surface area contributed by atoms with Crippen molar-refractivity contribution in [3.05, 3.63) is 41.0 Å². The number of fused-ring (bicyclic) bond motifs is 1. The summed E-state index contributed by atoms with van der Waals surface area (Å²) in [5, 5.41) is -0.478. The van der Waals surface area contributed by atoms with E-state index in [-0.39, 0.29) is 21.3 Å². The Morgan fingerprint density at radius 3 is 2.57 bits per heavy atom. The number of imidazole rings is 1. The molecule has 1 aliphatic heterocycles. The van der Waals surface area contributed by atoms with Crippen molar-refractivity contribution in [1.29, 1.82) is 0 Å². The maximum absolute atomic E-state index is 13.1. The fourth-order valence-electron chi connectivity index (χ4n) is 3.70. The highest BCUT2D eigenvalue weighted by Crippen LogP contribution is 2.37. The summed E-state index contributed by atoms with van der Waals surface area (Å²) in [6, 6.07) is 5.30. The number of sulfone groups is 1. The highest BCUT2D eigenvalue weighted by molar-refractivity contribution is 7.91. The third kappa shape index (κ3) is 3.98. The third-order valence-electron chi connectivity index (χ3n) is 5.26. The van der Waals surface area contributed by atoms with E-state index in [1.54, 1.807) is 18.3 Å². The van der Waals surface area contributed by atoms with Gasteiger partial charge in [0.25, 0.3) is 0 Å². The standard InChI is InChI=1S/C19H18ClF3N4O2S/c1-30(28,29)12-4-7-27(8-5-12)18-13(3-2-6-24-18)17-25-15-10-11(19(21,22)23)9-14(20)16(15)26-17/h2-3,6,9-10,12H,4-5,7-8H2,1H3,(H,25,26). The SMILES string of the molecule is CS(=O)(=O)C1CCN(c2ncccc2-c2nc3c(Cl)cc(C(F)(F)F)cc3[nH]2)CC1. The number of nitrogens with zero attached hydrogens (tertiary/aromatic N) is 3. The smallest absolute Gasteiger partial charge is 0.356 e. The van der Waals surface area contributed by atoms with Crippen LogP contribution in [0.25, 0.3) is 22.4 Å². The van der Waals surface area contributed by atoms with Crippen LogP contribution in [0.2, 0.25) is 5.02 Å². The van der Waals surface area contributed by atoms with E-state index in [1.807, 2.05) is 4.90 Å². The molecule has 160 valence electrons. The molecule has 1 saturated heterocycles. The van der Waals surface area contributed by atoms with Crippen LogP contribution >= 0.6 is 11.6 Å². The average Bonchev–Trinajstić information content (AvgIpc) is 3.11. The molecule has 0 radical (unpaired) electrons. The Labute approximate surface area is 176 Å². The minimum Gasteiger partial charge on any atom is -0.356 e. The molecule has 0 amide bonds. The van der Waals surface area contributed by atoms with Crippen LogP contribution in [0, 0.1) is 0 Å². The molecule has 6 nitrogen and oxygen atoms in total. The summed E-state index contributed by atoms with van der Waals surface area (Å²) >= 11 is 6.05. The van der Waals surface area contributed by atoms with Gasteiger partial charge < -0.3 is 9.88 Å². The number of H-pyrrole nitrogens is 1. The van der Waals surface area contributed by atoms with Gasteiger partial charge in [-0.25, -0.2) is 18.4 Å². The molecule has 2 aromatic heterocycles. The molecule has 0 aliphatic carbocycles. The lowest BCUT2D eigenvalue weighted by Crippen LogP contribution is -2.39. The summed E-state index contributed by atoms with van der Waals surface area (Å²) < 4.78 is 62.9. The second kappa shape index (κ2) is 7.42. The molecule has 0 unspecified atom stereocenters. The highest BCUT2D eigenvalue weighted by Gasteiger charge is 2.32. The Balaban J connectivity index is 1.71. The number of anilines is 1. The topological polar surface area (TPSA) is 79.0 Å². The lowest BCUT2D eigenvalue weighted by molar-refractivity contribution is -0.137. The quantitative estimate of drug-likeness (QED) is 0.632. The van der Waals surface area contributed by atoms with Crippen molar-refractivity contribution in [3.8, 4) is 11.4 Å². The van der Waals surface area contributed by atoms with E-state index in [4.69, 9.17) is 11.6 Å². The summed E-state index contributed by atoms with van der Waals surface area (Å²) in [5.41, 5.74) is 0.168. The maximum atomic E-state index is 13.1. The number of aromatic nitrogens is 3. The highest BCUT2D eigenvalue weighted by atomic mass is 35.5. The van der Waals surface area contributed by atoms with Crippen LogP contribution < -0.4 is 4.90 Å². The van der Waals surface area contributed by atoms with Crippen LogP contribution in [0.3, 0.4) is 0 Å². The molecule has 0 atom stereocenters. The van der Waals surface area contributed by atoms with Crippen LogP contribution in [-0.4, -0.2) is 48.0 Å². The molecule has 1 N–H and O–H groups in total. The molecule has 3 heterocycles. The monoisotopic (exact) mass is 458 g/mol. The van der Waals surface area contributed by atoms with Crippen LogP contribution in [0.4, 0.5) is 19.0 Å². The first-order chi connectivity index (χ1) is 14.0. The van der Waals surface area contributed by atoms with Gasteiger partial charge in [0.15, 0.2) is 0 Å². The van der Waals surface area contributed by atoms with Crippen molar-refractivity contribution in [2.75, 3.05) is 24.2 Å². The first-order valence-electron chi connectivity index (χ1n) is 9.19. The van der Waals surface area contributed by atoms with Gasteiger partial charge in [-0.15, -0.1) is 0 Å². The molecule has 1 fully saturated rings. The predicted molar refractivity (Wildman–Crippen MR) is 109 cm³/mol. The Morgan fingerprint density at radius 2 is 1.93 bits per heavy atom. The van der Waals surface area contributed by atoms with Gasteiger partial charge in [0.05, 0.1) is 26.9 Å². The number of alkyl halides is 3. The lowest BCUT2D eigenvalue weighted by Gasteiger charge is -2.32. The number of piperidine rings is 1. The molecule has 4 rings (SSSR count). The van der Waals surface area contributed by atoms with Crippen molar-refractivity contribution in [1.82, 2.24) is 15.0 Å². The average molecular weight is 459 g/mol. The zero-order chi connectivity index (χ0) is 21.7. The van der Waals surface area contributed by atoms with Crippen molar-refractivity contribution in [2.24, 2.45) is 0 Å². The molecule has 0 spiro atoms. The number of rotatable bonds is 3. The number of pyridine rings is 1. The van der Waals surface area contributed by atoms with Crippen LogP contribution in [0.5, 0.6) is 0 Å². The minimum atomic E-state index is -4.52. The maximum Gasteiger partial charge on any atom is 0.416 e. The van der Waals surface area contributed by atoms with Gasteiger partial charge in [-0.1, -0.05) is 11.6 Å². The van der Waals surface area contributed by atoms with Crippen molar-refractivity contribution < 1.29 is 21.6 Å². The first-order valence-corrected chi connectivity index (χ1v) is 11.5. The van der Waals surface area contributed by atoms with Gasteiger partial charge in [0, 0.05) is 25.5 Å². The summed E-state index contributed by atoms with van der Waals surface area (Å²) in [7, 11) is -3.10. The normalized spacial score (nSPS) is 16.4. The second-order valence-corrected chi connectivity index (χ2v) is 10.1. The molecule has 11 heteroatoms. The van der Waals surface area contributed by atoms with Gasteiger partial charge in [0.2, 0.25) is 0 Å². The molecule has 0 bridgehead atoms. The van der Waals surface area contributed by atoms with Crippen LogP contribution in [-0.2, 0) is 16.0 Å². The number of halogens is 4. The number of benzene rings is 1. The van der Waals surface area contributed by atoms with Crippen LogP contribution in [0.15, 0.2) is 30.5 Å². The molecular weight excluding hydrogens is 441 g/mol. The summed E-state index contributed by atoms with van der Waals surface area (Å²) in [5.74, 6) is 0.940. The summed E-state index contributed by atoms with van der Waals surface area (Å²) in [6.07, 6.45) is -0.705. The predicted octanol–water partition coefficient (Wildman–Crippen LogP) is 4.31. The van der Waals surface area contributed by atoms with Gasteiger partial charge in [-0.3, -0.25) is 0 Å². The molecule has 0 saturated carbocycles. The Bertz CT molecular complexity index is 1200. The van der Waals surface area contributed by atoms with Gasteiger partial charge in [-0.2, -0.15) is 13.2 Å². The third-order valence-corrected chi connectivity index (χ3v) is 7.23. The number of hydrogen-bond acceptors (Lipinski definition) is 5. The molecular formula is C19H18ClF3N4O2S. The van der Waals surface area contributed by atoms with Gasteiger partial charge >= 0.3 is 6.18 Å². The fourth-order valence-corrected chi connectivity index (χ4v) is 5.02. The lowest BCUT2D eigenvalue weighted by atomic mass is 10.1. The molecule has 1 aromatic carbocycles. The van der Waals surface area contributed by atoms with E-state index in [9.17, 15) is 21.6 Å². The minimum absolute atomic E-state index is 0.0956. The van der Waals surface area contributed by atoms with Crippen LogP contribution in [0.1, 0.15) is 18.4 Å². The summed E-state index contributed by atoms with van der Waals surface area (Å²) in [6.45, 7) is 1.00. The first kappa shape index (κ1) is 20.9. The second-order valence-electron chi connectivity index (χ2n) is 7.33. The molecule has 3 aromatic rings. The largest absolute Gasteiger partial charge is 0.416 e. The fraction of sp³-hybridized carbons (Fsp3) is 0.368. The van der Waals surface area contributed by atoms with Crippen molar-refractivity contribution >= 4 is 38.3 Å².